The fourth-order valence-corrected chi connectivity index (χ4v) is 3.01. The summed E-state index contributed by atoms with van der Waals surface area (Å²) in [7, 11) is 0. The van der Waals surface area contributed by atoms with Crippen LogP contribution < -0.4 is 0 Å². The third kappa shape index (κ3) is 2.94. The maximum absolute atomic E-state index is 12.9. The second-order valence-electron chi connectivity index (χ2n) is 4.49. The molecular weight excluding hydrogens is 323 g/mol. The molecule has 1 aromatic rings. The van der Waals surface area contributed by atoms with Gasteiger partial charge in [0.2, 0.25) is 0 Å². The smallest absolute Gasteiger partial charge is 0.335 e. The predicted molar refractivity (Wildman–Crippen MR) is 69.3 cm³/mol. The first-order valence-electron chi connectivity index (χ1n) is 5.98. The van der Waals surface area contributed by atoms with Gasteiger partial charge in [0.1, 0.15) is 0 Å². The Kier molecular flexibility index (Phi) is 4.18. The number of nitrogens with zero attached hydrogens (tertiary/aromatic N) is 1. The molecule has 1 fully saturated rings. The molecule has 1 unspecified atom stereocenters. The van der Waals surface area contributed by atoms with Gasteiger partial charge in [-0.25, -0.2) is 0 Å². The van der Waals surface area contributed by atoms with E-state index in [1.807, 2.05) is 0 Å². The third-order valence-corrected chi connectivity index (χ3v) is 4.03. The van der Waals surface area contributed by atoms with E-state index < -0.39 is 17.6 Å². The van der Waals surface area contributed by atoms with Crippen LogP contribution in [0, 0.1) is 0 Å². The molecule has 6 heteroatoms. The van der Waals surface area contributed by atoms with E-state index in [0.717, 1.165) is 18.9 Å². The molecule has 0 radical (unpaired) electrons. The molecule has 0 saturated carbocycles. The van der Waals surface area contributed by atoms with E-state index >= 15 is 0 Å². The lowest BCUT2D eigenvalue weighted by Gasteiger charge is -2.24. The summed E-state index contributed by atoms with van der Waals surface area (Å²) in [6, 6.07) is 4.93. The molecule has 1 saturated heterocycles. The number of halogens is 4. The Balaban J connectivity index is 2.34. The maximum atomic E-state index is 12.9. The number of hydrogen-bond donors (Lipinski definition) is 0. The van der Waals surface area contributed by atoms with Crippen LogP contribution in [0.15, 0.2) is 24.3 Å². The van der Waals surface area contributed by atoms with Gasteiger partial charge in [-0.05, 0) is 25.0 Å². The maximum Gasteiger partial charge on any atom is 0.417 e. The van der Waals surface area contributed by atoms with Gasteiger partial charge in [0.15, 0.2) is 0 Å². The van der Waals surface area contributed by atoms with Crippen LogP contribution in [0.1, 0.15) is 28.8 Å². The van der Waals surface area contributed by atoms with Crippen molar-refractivity contribution < 1.29 is 18.0 Å². The third-order valence-electron chi connectivity index (χ3n) is 3.28. The quantitative estimate of drug-likeness (QED) is 0.754. The molecule has 1 amide bonds. The summed E-state index contributed by atoms with van der Waals surface area (Å²) in [4.78, 5) is 13.8. The first-order chi connectivity index (χ1) is 8.95. The molecule has 0 N–H and O–H groups in total. The second-order valence-corrected chi connectivity index (χ2v) is 5.14. The largest absolute Gasteiger partial charge is 0.417 e. The monoisotopic (exact) mass is 335 g/mol. The van der Waals surface area contributed by atoms with Gasteiger partial charge >= 0.3 is 6.18 Å². The summed E-state index contributed by atoms with van der Waals surface area (Å²) in [5.74, 6) is -0.533. The van der Waals surface area contributed by atoms with E-state index in [0.29, 0.717) is 11.9 Å². The Bertz CT molecular complexity index is 475. The van der Waals surface area contributed by atoms with Gasteiger partial charge in [-0.15, -0.1) is 0 Å². The van der Waals surface area contributed by atoms with Gasteiger partial charge < -0.3 is 4.90 Å². The van der Waals surface area contributed by atoms with Gasteiger partial charge in [0.25, 0.3) is 5.91 Å². The molecule has 1 aromatic carbocycles. The summed E-state index contributed by atoms with van der Waals surface area (Å²) in [5, 5.41) is 0.590. The zero-order chi connectivity index (χ0) is 14.0. The normalized spacial score (nSPS) is 19.8. The van der Waals surface area contributed by atoms with Crippen molar-refractivity contribution in [3.05, 3.63) is 35.4 Å². The van der Waals surface area contributed by atoms with Gasteiger partial charge in [-0.1, -0.05) is 28.1 Å². The summed E-state index contributed by atoms with van der Waals surface area (Å²) in [6.07, 6.45) is -2.85. The first kappa shape index (κ1) is 14.4. The standard InChI is InChI=1S/C13H13BrF3NO/c14-8-9-4-3-7-18(9)12(19)10-5-1-2-6-11(10)13(15,16)17/h1-2,5-6,9H,3-4,7-8H2. The van der Waals surface area contributed by atoms with Gasteiger partial charge in [-0.2, -0.15) is 13.2 Å². The highest BCUT2D eigenvalue weighted by atomic mass is 79.9. The molecule has 1 heterocycles. The van der Waals surface area contributed by atoms with E-state index in [-0.39, 0.29) is 11.6 Å². The fraction of sp³-hybridized carbons (Fsp3) is 0.462. The zero-order valence-electron chi connectivity index (χ0n) is 10.1. The summed E-state index contributed by atoms with van der Waals surface area (Å²) in [5.41, 5.74) is -1.12. The highest BCUT2D eigenvalue weighted by Crippen LogP contribution is 2.33. The average molecular weight is 336 g/mol. The molecule has 19 heavy (non-hydrogen) atoms. The fourth-order valence-electron chi connectivity index (χ4n) is 2.34. The molecule has 0 spiro atoms. The van der Waals surface area contributed by atoms with Crippen molar-refractivity contribution in [1.29, 1.82) is 0 Å². The molecule has 0 aromatic heterocycles. The second kappa shape index (κ2) is 5.53. The Hall–Kier alpha value is -1.04. The van der Waals surface area contributed by atoms with Crippen molar-refractivity contribution in [3.8, 4) is 0 Å². The number of amides is 1. The average Bonchev–Trinajstić information content (AvgIpc) is 2.85. The van der Waals surface area contributed by atoms with Crippen LogP contribution in [-0.2, 0) is 6.18 Å². The van der Waals surface area contributed by atoms with Crippen molar-refractivity contribution in [2.45, 2.75) is 25.1 Å². The summed E-state index contributed by atoms with van der Waals surface area (Å²) < 4.78 is 38.7. The van der Waals surface area contributed by atoms with Crippen LogP contribution in [-0.4, -0.2) is 28.7 Å². The van der Waals surface area contributed by atoms with Crippen LogP contribution in [0.25, 0.3) is 0 Å². The van der Waals surface area contributed by atoms with Crippen LogP contribution >= 0.6 is 15.9 Å². The van der Waals surface area contributed by atoms with E-state index in [2.05, 4.69) is 15.9 Å². The number of benzene rings is 1. The zero-order valence-corrected chi connectivity index (χ0v) is 11.7. The minimum atomic E-state index is -4.50. The molecule has 1 atom stereocenters. The lowest BCUT2D eigenvalue weighted by Crippen LogP contribution is -2.37. The number of alkyl halides is 4. The highest BCUT2D eigenvalue weighted by molar-refractivity contribution is 9.09. The lowest BCUT2D eigenvalue weighted by molar-refractivity contribution is -0.138. The highest BCUT2D eigenvalue weighted by Gasteiger charge is 2.37. The van der Waals surface area contributed by atoms with E-state index in [4.69, 9.17) is 0 Å². The van der Waals surface area contributed by atoms with Crippen LogP contribution in [0.3, 0.4) is 0 Å². The molecule has 104 valence electrons. The number of carbonyl (C=O) groups is 1. The molecule has 1 aliphatic rings. The van der Waals surface area contributed by atoms with Crippen molar-refractivity contribution in [2.75, 3.05) is 11.9 Å². The minimum Gasteiger partial charge on any atom is -0.335 e. The predicted octanol–water partition coefficient (Wildman–Crippen LogP) is 3.70. The van der Waals surface area contributed by atoms with Crippen LogP contribution in [0.5, 0.6) is 0 Å². The van der Waals surface area contributed by atoms with Gasteiger partial charge in [0.05, 0.1) is 11.1 Å². The molecule has 0 aliphatic carbocycles. The molecular formula is C13H13BrF3NO. The van der Waals surface area contributed by atoms with Crippen molar-refractivity contribution in [1.82, 2.24) is 4.90 Å². The van der Waals surface area contributed by atoms with Gasteiger partial charge in [0, 0.05) is 17.9 Å². The topological polar surface area (TPSA) is 20.3 Å². The Morgan fingerprint density at radius 3 is 2.68 bits per heavy atom. The molecule has 2 nitrogen and oxygen atoms in total. The Morgan fingerprint density at radius 1 is 1.37 bits per heavy atom. The Labute approximate surface area is 117 Å². The number of rotatable bonds is 2. The lowest BCUT2D eigenvalue weighted by atomic mass is 10.1. The number of carbonyl (C=O) groups excluding carboxylic acids is 1. The van der Waals surface area contributed by atoms with E-state index in [1.54, 1.807) is 0 Å². The molecule has 0 bridgehead atoms. The summed E-state index contributed by atoms with van der Waals surface area (Å²) in [6.45, 7) is 0.515. The van der Waals surface area contributed by atoms with Crippen LogP contribution in [0.4, 0.5) is 13.2 Å². The van der Waals surface area contributed by atoms with Crippen molar-refractivity contribution in [3.63, 3.8) is 0 Å². The van der Waals surface area contributed by atoms with Crippen molar-refractivity contribution in [2.24, 2.45) is 0 Å². The number of hydrogen-bond acceptors (Lipinski definition) is 1. The van der Waals surface area contributed by atoms with Crippen LogP contribution in [0.2, 0.25) is 0 Å². The van der Waals surface area contributed by atoms with Gasteiger partial charge in [-0.3, -0.25) is 4.79 Å². The first-order valence-corrected chi connectivity index (χ1v) is 7.10. The minimum absolute atomic E-state index is 0.0196. The Morgan fingerprint density at radius 2 is 2.05 bits per heavy atom. The van der Waals surface area contributed by atoms with E-state index in [9.17, 15) is 18.0 Å². The summed E-state index contributed by atoms with van der Waals surface area (Å²) >= 11 is 3.30. The SMILES string of the molecule is O=C(c1ccccc1C(F)(F)F)N1CCCC1CBr. The van der Waals surface area contributed by atoms with Crippen molar-refractivity contribution >= 4 is 21.8 Å². The van der Waals surface area contributed by atoms with E-state index in [1.165, 1.54) is 23.1 Å². The molecule has 2 rings (SSSR count). The molecule has 1 aliphatic heterocycles. The number of likely N-dealkylation sites (tertiary alicyclic amines) is 1.